The maximum atomic E-state index is 11.7. The topological polar surface area (TPSA) is 83.5 Å². The van der Waals surface area contributed by atoms with E-state index in [0.29, 0.717) is 41.8 Å². The van der Waals surface area contributed by atoms with Crippen LogP contribution in [0.25, 0.3) is 0 Å². The molecule has 1 unspecified atom stereocenters. The van der Waals surface area contributed by atoms with Crippen LogP contribution in [0.1, 0.15) is 29.0 Å². The smallest absolute Gasteiger partial charge is 0.303 e. The zero-order chi connectivity index (χ0) is 23.2. The van der Waals surface area contributed by atoms with Crippen LogP contribution in [0.2, 0.25) is 0 Å². The first-order valence-corrected chi connectivity index (χ1v) is 10.6. The highest BCUT2D eigenvalue weighted by Gasteiger charge is 2.25. The highest BCUT2D eigenvalue weighted by atomic mass is 16.7. The molecule has 1 aliphatic rings. The Morgan fingerprint density at radius 1 is 0.909 bits per heavy atom. The molecule has 7 nitrogen and oxygen atoms in total. The number of rotatable bonds is 10. The van der Waals surface area contributed by atoms with Crippen molar-refractivity contribution in [2.75, 3.05) is 21.0 Å². The fourth-order valence-electron chi connectivity index (χ4n) is 3.92. The molecule has 3 aromatic rings. The third-order valence-electron chi connectivity index (χ3n) is 5.53. The normalized spacial score (nSPS) is 12.8. The Hall–Kier alpha value is -3.87. The molecule has 0 bridgehead atoms. The number of hydrogen-bond acceptors (Lipinski definition) is 6. The molecule has 4 rings (SSSR count). The number of hydrogen-bond donors (Lipinski definition) is 1. The fraction of sp³-hybridized carbons (Fsp3) is 0.269. The Kier molecular flexibility index (Phi) is 6.88. The summed E-state index contributed by atoms with van der Waals surface area (Å²) in [6.07, 6.45) is 0.405. The molecule has 0 saturated heterocycles. The van der Waals surface area contributed by atoms with Gasteiger partial charge in [-0.3, -0.25) is 4.79 Å². The monoisotopic (exact) mass is 450 g/mol. The first-order valence-electron chi connectivity index (χ1n) is 10.6. The summed E-state index contributed by atoms with van der Waals surface area (Å²) in [5.74, 6) is 1.73. The van der Waals surface area contributed by atoms with Gasteiger partial charge in [0.05, 0.1) is 20.6 Å². The van der Waals surface area contributed by atoms with Gasteiger partial charge >= 0.3 is 5.97 Å². The van der Waals surface area contributed by atoms with E-state index in [2.05, 4.69) is 0 Å². The molecule has 172 valence electrons. The summed E-state index contributed by atoms with van der Waals surface area (Å²) in [6.45, 7) is 0.555. The van der Waals surface area contributed by atoms with Crippen LogP contribution in [-0.2, 0) is 17.8 Å². The standard InChI is InChI=1S/C26H26O7/c1-29-22-14-25-24(32-16-33-25)13-20(22)19(12-26(27)28)10-18-8-9-21(23(11-18)30-2)31-15-17-6-4-3-5-7-17/h3-9,11,13-14,19H,10,12,15-16H2,1-2H3,(H,27,28). The third-order valence-corrected chi connectivity index (χ3v) is 5.53. The van der Waals surface area contributed by atoms with Crippen molar-refractivity contribution in [1.82, 2.24) is 0 Å². The first kappa shape index (κ1) is 22.3. The Morgan fingerprint density at radius 2 is 1.64 bits per heavy atom. The number of benzene rings is 3. The lowest BCUT2D eigenvalue weighted by Gasteiger charge is -2.20. The number of aliphatic carboxylic acids is 1. The maximum Gasteiger partial charge on any atom is 0.303 e. The first-order chi connectivity index (χ1) is 16.1. The van der Waals surface area contributed by atoms with Crippen LogP contribution in [0.3, 0.4) is 0 Å². The van der Waals surface area contributed by atoms with Crippen molar-refractivity contribution in [3.63, 3.8) is 0 Å². The molecule has 1 heterocycles. The van der Waals surface area contributed by atoms with Gasteiger partial charge in [0.15, 0.2) is 23.0 Å². The quantitative estimate of drug-likeness (QED) is 0.474. The molecule has 3 aromatic carbocycles. The molecular formula is C26H26O7. The summed E-state index contributed by atoms with van der Waals surface area (Å²) in [7, 11) is 3.14. The number of carboxylic acids is 1. The molecule has 0 spiro atoms. The predicted molar refractivity (Wildman–Crippen MR) is 122 cm³/mol. The summed E-state index contributed by atoms with van der Waals surface area (Å²) in [5.41, 5.74) is 2.73. The Balaban J connectivity index is 1.57. The SMILES string of the molecule is COc1cc(CC(CC(=O)O)c2cc3c(cc2OC)OCO3)ccc1OCc1ccccc1. The van der Waals surface area contributed by atoms with Crippen LogP contribution in [-0.4, -0.2) is 32.1 Å². The second kappa shape index (κ2) is 10.2. The van der Waals surface area contributed by atoms with E-state index in [4.69, 9.17) is 23.7 Å². The van der Waals surface area contributed by atoms with Crippen LogP contribution in [0.5, 0.6) is 28.7 Å². The lowest BCUT2D eigenvalue weighted by molar-refractivity contribution is -0.137. The van der Waals surface area contributed by atoms with Crippen LogP contribution >= 0.6 is 0 Å². The minimum Gasteiger partial charge on any atom is -0.496 e. The largest absolute Gasteiger partial charge is 0.496 e. The molecule has 0 aromatic heterocycles. The van der Waals surface area contributed by atoms with Crippen molar-refractivity contribution in [3.8, 4) is 28.7 Å². The molecule has 1 N–H and O–H groups in total. The van der Waals surface area contributed by atoms with Gasteiger partial charge in [-0.2, -0.15) is 0 Å². The van der Waals surface area contributed by atoms with Gasteiger partial charge in [0.2, 0.25) is 6.79 Å². The highest BCUT2D eigenvalue weighted by molar-refractivity contribution is 5.69. The summed E-state index contributed by atoms with van der Waals surface area (Å²) >= 11 is 0. The van der Waals surface area contributed by atoms with Gasteiger partial charge < -0.3 is 28.8 Å². The van der Waals surface area contributed by atoms with E-state index < -0.39 is 5.97 Å². The molecule has 0 aliphatic carbocycles. The Bertz CT molecular complexity index is 1110. The zero-order valence-corrected chi connectivity index (χ0v) is 18.6. The molecule has 1 atom stereocenters. The maximum absolute atomic E-state index is 11.7. The van der Waals surface area contributed by atoms with E-state index in [1.165, 1.54) is 0 Å². The molecule has 33 heavy (non-hydrogen) atoms. The fourth-order valence-corrected chi connectivity index (χ4v) is 3.92. The van der Waals surface area contributed by atoms with Crippen molar-refractivity contribution in [2.45, 2.75) is 25.4 Å². The van der Waals surface area contributed by atoms with E-state index in [1.54, 1.807) is 20.3 Å². The number of carbonyl (C=O) groups is 1. The van der Waals surface area contributed by atoms with E-state index in [-0.39, 0.29) is 19.1 Å². The van der Waals surface area contributed by atoms with Gasteiger partial charge in [-0.25, -0.2) is 0 Å². The zero-order valence-electron chi connectivity index (χ0n) is 18.6. The molecule has 0 fully saturated rings. The highest BCUT2D eigenvalue weighted by Crippen LogP contribution is 2.43. The average Bonchev–Trinajstić information content (AvgIpc) is 3.29. The molecular weight excluding hydrogens is 424 g/mol. The Labute approximate surface area is 192 Å². The van der Waals surface area contributed by atoms with Gasteiger partial charge in [-0.05, 0) is 35.7 Å². The lowest BCUT2D eigenvalue weighted by Crippen LogP contribution is -2.11. The lowest BCUT2D eigenvalue weighted by atomic mass is 9.88. The van der Waals surface area contributed by atoms with E-state index in [0.717, 1.165) is 16.7 Å². The number of fused-ring (bicyclic) bond motifs is 1. The van der Waals surface area contributed by atoms with Crippen molar-refractivity contribution < 1.29 is 33.6 Å². The average molecular weight is 450 g/mol. The number of methoxy groups -OCH3 is 2. The van der Waals surface area contributed by atoms with Gasteiger partial charge in [0.1, 0.15) is 12.4 Å². The van der Waals surface area contributed by atoms with Gasteiger partial charge in [-0.15, -0.1) is 0 Å². The summed E-state index contributed by atoms with van der Waals surface area (Å²) in [4.78, 5) is 11.7. The molecule has 0 amide bonds. The molecule has 0 saturated carbocycles. The van der Waals surface area contributed by atoms with Crippen molar-refractivity contribution in [2.24, 2.45) is 0 Å². The summed E-state index contributed by atoms with van der Waals surface area (Å²) < 4.78 is 27.9. The van der Waals surface area contributed by atoms with Crippen LogP contribution in [0, 0.1) is 0 Å². The summed E-state index contributed by atoms with van der Waals surface area (Å²) in [5, 5.41) is 9.56. The van der Waals surface area contributed by atoms with Crippen LogP contribution in [0.15, 0.2) is 60.7 Å². The second-order valence-electron chi connectivity index (χ2n) is 7.71. The number of ether oxygens (including phenoxy) is 5. The van der Waals surface area contributed by atoms with E-state index in [1.807, 2.05) is 54.6 Å². The van der Waals surface area contributed by atoms with Crippen LogP contribution < -0.4 is 23.7 Å². The third kappa shape index (κ3) is 5.31. The Morgan fingerprint density at radius 3 is 2.33 bits per heavy atom. The number of carboxylic acid groups (broad SMARTS) is 1. The van der Waals surface area contributed by atoms with Crippen LogP contribution in [0.4, 0.5) is 0 Å². The predicted octanol–water partition coefficient (Wildman–Crippen LogP) is 4.81. The van der Waals surface area contributed by atoms with E-state index in [9.17, 15) is 9.90 Å². The second-order valence-corrected chi connectivity index (χ2v) is 7.71. The van der Waals surface area contributed by atoms with Crippen molar-refractivity contribution >= 4 is 5.97 Å². The van der Waals surface area contributed by atoms with Crippen molar-refractivity contribution in [3.05, 3.63) is 77.4 Å². The molecule has 0 radical (unpaired) electrons. The van der Waals surface area contributed by atoms with Gasteiger partial charge in [0.25, 0.3) is 0 Å². The minimum absolute atomic E-state index is 0.0649. The molecule has 1 aliphatic heterocycles. The molecule has 7 heteroatoms. The van der Waals surface area contributed by atoms with E-state index >= 15 is 0 Å². The van der Waals surface area contributed by atoms with Crippen molar-refractivity contribution in [1.29, 1.82) is 0 Å². The van der Waals surface area contributed by atoms with Gasteiger partial charge in [0, 0.05) is 17.5 Å². The van der Waals surface area contributed by atoms with Gasteiger partial charge in [-0.1, -0.05) is 36.4 Å². The summed E-state index contributed by atoms with van der Waals surface area (Å²) in [6, 6.07) is 19.1. The minimum atomic E-state index is -0.894.